The van der Waals surface area contributed by atoms with Crippen molar-refractivity contribution in [3.8, 4) is 17.1 Å². The Hall–Kier alpha value is -3.18. The van der Waals surface area contributed by atoms with E-state index in [1.54, 1.807) is 36.4 Å². The van der Waals surface area contributed by atoms with Crippen LogP contribution in [-0.2, 0) is 6.61 Å². The molecule has 4 aromatic rings. The first kappa shape index (κ1) is 17.2. The third-order valence-electron chi connectivity index (χ3n) is 4.16. The zero-order valence-electron chi connectivity index (χ0n) is 14.1. The Kier molecular flexibility index (Phi) is 4.60. The van der Waals surface area contributed by atoms with Crippen LogP contribution in [0.5, 0.6) is 5.75 Å². The molecule has 0 aliphatic heterocycles. The van der Waals surface area contributed by atoms with Crippen molar-refractivity contribution in [2.45, 2.75) is 6.61 Å². The number of aromatic amines is 1. The van der Waals surface area contributed by atoms with Crippen molar-refractivity contribution in [3.63, 3.8) is 0 Å². The van der Waals surface area contributed by atoms with E-state index in [1.807, 2.05) is 18.2 Å². The minimum absolute atomic E-state index is 0.0989. The molecule has 27 heavy (non-hydrogen) atoms. The van der Waals surface area contributed by atoms with Crippen LogP contribution in [0, 0.1) is 5.82 Å². The van der Waals surface area contributed by atoms with Crippen LogP contribution in [0.3, 0.4) is 0 Å². The minimum atomic E-state index is -0.546. The second kappa shape index (κ2) is 7.21. The number of fused-ring (bicyclic) bond motifs is 1. The summed E-state index contributed by atoms with van der Waals surface area (Å²) in [5.41, 5.74) is 1.51. The molecule has 0 radical (unpaired) electrons. The van der Waals surface area contributed by atoms with Crippen LogP contribution in [0.4, 0.5) is 4.39 Å². The second-order valence-corrected chi connectivity index (χ2v) is 6.36. The van der Waals surface area contributed by atoms with Crippen molar-refractivity contribution in [2.24, 2.45) is 0 Å². The van der Waals surface area contributed by atoms with Crippen LogP contribution in [0.1, 0.15) is 5.56 Å². The average molecular weight is 381 g/mol. The number of hydrogen-bond acceptors (Lipinski definition) is 3. The quantitative estimate of drug-likeness (QED) is 0.544. The highest BCUT2D eigenvalue weighted by Crippen LogP contribution is 2.25. The van der Waals surface area contributed by atoms with E-state index in [9.17, 15) is 9.18 Å². The van der Waals surface area contributed by atoms with E-state index < -0.39 is 5.82 Å². The number of hydrogen-bond donors (Lipinski definition) is 1. The summed E-state index contributed by atoms with van der Waals surface area (Å²) in [6.45, 7) is 0.154. The molecule has 4 rings (SSSR count). The van der Waals surface area contributed by atoms with Gasteiger partial charge in [0.1, 0.15) is 12.4 Å². The monoisotopic (exact) mass is 380 g/mol. The molecule has 0 bridgehead atoms. The minimum Gasteiger partial charge on any atom is -0.486 e. The molecule has 0 unspecified atom stereocenters. The maximum Gasteiger partial charge on any atom is 0.259 e. The van der Waals surface area contributed by atoms with Crippen molar-refractivity contribution in [1.29, 1.82) is 0 Å². The van der Waals surface area contributed by atoms with Gasteiger partial charge in [0, 0.05) is 16.1 Å². The van der Waals surface area contributed by atoms with Gasteiger partial charge < -0.3 is 9.72 Å². The molecule has 3 aromatic carbocycles. The van der Waals surface area contributed by atoms with Gasteiger partial charge in [0.25, 0.3) is 5.56 Å². The largest absolute Gasteiger partial charge is 0.486 e. The number of aromatic nitrogens is 2. The fraction of sp³-hybridized carbons (Fsp3) is 0.0476. The second-order valence-electron chi connectivity index (χ2n) is 5.96. The summed E-state index contributed by atoms with van der Waals surface area (Å²) in [5.74, 6) is -0.146. The molecule has 134 valence electrons. The zero-order chi connectivity index (χ0) is 18.8. The van der Waals surface area contributed by atoms with E-state index in [1.165, 1.54) is 12.1 Å². The number of ether oxygens (including phenoxy) is 1. The van der Waals surface area contributed by atoms with Crippen molar-refractivity contribution in [1.82, 2.24) is 9.97 Å². The number of H-pyrrole nitrogens is 1. The summed E-state index contributed by atoms with van der Waals surface area (Å²) in [7, 11) is 0. The van der Waals surface area contributed by atoms with Gasteiger partial charge in [0.05, 0.1) is 10.9 Å². The molecule has 0 saturated carbocycles. The summed E-state index contributed by atoms with van der Waals surface area (Å²) in [6, 6.07) is 18.7. The Balaban J connectivity index is 1.62. The first-order valence-electron chi connectivity index (χ1n) is 8.27. The lowest BCUT2D eigenvalue weighted by atomic mass is 10.1. The number of para-hydroxylation sites is 1. The van der Waals surface area contributed by atoms with Crippen LogP contribution in [0.2, 0.25) is 5.02 Å². The van der Waals surface area contributed by atoms with E-state index >= 15 is 0 Å². The standard InChI is InChI=1S/C21H14ClFN2O2/c22-16-7-3-1-5-14(16)12-27-19-10-9-13(11-17(19)23)20-24-18-8-4-2-6-15(18)21(26)25-20/h1-11H,12H2,(H,24,25,26). The topological polar surface area (TPSA) is 55.0 Å². The van der Waals surface area contributed by atoms with Crippen molar-refractivity contribution < 1.29 is 9.13 Å². The highest BCUT2D eigenvalue weighted by molar-refractivity contribution is 6.31. The molecule has 1 heterocycles. The first-order chi connectivity index (χ1) is 13.1. The van der Waals surface area contributed by atoms with Crippen LogP contribution in [-0.4, -0.2) is 9.97 Å². The van der Waals surface area contributed by atoms with Gasteiger partial charge in [-0.1, -0.05) is 41.9 Å². The van der Waals surface area contributed by atoms with Gasteiger partial charge in [-0.3, -0.25) is 4.79 Å². The van der Waals surface area contributed by atoms with E-state index in [0.717, 1.165) is 5.56 Å². The van der Waals surface area contributed by atoms with E-state index in [2.05, 4.69) is 9.97 Å². The predicted molar refractivity (Wildman–Crippen MR) is 104 cm³/mol. The fourth-order valence-corrected chi connectivity index (χ4v) is 2.95. The molecular weight excluding hydrogens is 367 g/mol. The Morgan fingerprint density at radius 1 is 1.04 bits per heavy atom. The van der Waals surface area contributed by atoms with Crippen LogP contribution in [0.15, 0.2) is 71.5 Å². The summed E-state index contributed by atoms with van der Waals surface area (Å²) in [4.78, 5) is 19.3. The average Bonchev–Trinajstić information content (AvgIpc) is 2.68. The molecule has 0 atom stereocenters. The van der Waals surface area contributed by atoms with Crippen molar-refractivity contribution in [3.05, 3.63) is 93.5 Å². The summed E-state index contributed by atoms with van der Waals surface area (Å²) >= 11 is 6.08. The maximum atomic E-state index is 14.5. The third kappa shape index (κ3) is 3.55. The number of halogens is 2. The summed E-state index contributed by atoms with van der Waals surface area (Å²) in [5, 5.41) is 1.05. The molecule has 0 saturated heterocycles. The van der Waals surface area contributed by atoms with Crippen molar-refractivity contribution in [2.75, 3.05) is 0 Å². The number of nitrogens with one attached hydrogen (secondary N) is 1. The molecule has 1 N–H and O–H groups in total. The van der Waals surface area contributed by atoms with E-state index in [0.29, 0.717) is 27.3 Å². The predicted octanol–water partition coefficient (Wildman–Crippen LogP) is 4.96. The normalized spacial score (nSPS) is 10.9. The molecule has 6 heteroatoms. The molecular formula is C21H14ClFN2O2. The molecule has 0 aliphatic rings. The SMILES string of the molecule is O=c1[nH]c(-c2ccc(OCc3ccccc3Cl)c(F)c2)nc2ccccc12. The van der Waals surface area contributed by atoms with E-state index in [4.69, 9.17) is 16.3 Å². The third-order valence-corrected chi connectivity index (χ3v) is 4.53. The number of rotatable bonds is 4. The zero-order valence-corrected chi connectivity index (χ0v) is 14.8. The Bertz CT molecular complexity index is 1190. The highest BCUT2D eigenvalue weighted by atomic mass is 35.5. The molecule has 0 fully saturated rings. The smallest absolute Gasteiger partial charge is 0.259 e. The van der Waals surface area contributed by atoms with Crippen LogP contribution >= 0.6 is 11.6 Å². The molecule has 1 aromatic heterocycles. The molecule has 4 nitrogen and oxygen atoms in total. The van der Waals surface area contributed by atoms with Gasteiger partial charge in [0.2, 0.25) is 0 Å². The maximum absolute atomic E-state index is 14.5. The van der Waals surface area contributed by atoms with Gasteiger partial charge in [-0.15, -0.1) is 0 Å². The first-order valence-corrected chi connectivity index (χ1v) is 8.65. The van der Waals surface area contributed by atoms with Gasteiger partial charge in [-0.2, -0.15) is 0 Å². The molecule has 0 aliphatic carbocycles. The van der Waals surface area contributed by atoms with E-state index in [-0.39, 0.29) is 17.9 Å². The van der Waals surface area contributed by atoms with Crippen molar-refractivity contribution >= 4 is 22.5 Å². The highest BCUT2D eigenvalue weighted by Gasteiger charge is 2.10. The van der Waals surface area contributed by atoms with Gasteiger partial charge in [-0.05, 0) is 36.4 Å². The molecule has 0 spiro atoms. The summed E-state index contributed by atoms with van der Waals surface area (Å²) < 4.78 is 20.0. The lowest BCUT2D eigenvalue weighted by Crippen LogP contribution is -2.09. The lowest BCUT2D eigenvalue weighted by molar-refractivity contribution is 0.290. The number of nitrogens with zero attached hydrogens (tertiary/aromatic N) is 1. The Labute approximate surface area is 159 Å². The fourth-order valence-electron chi connectivity index (χ4n) is 2.76. The summed E-state index contributed by atoms with van der Waals surface area (Å²) in [6.07, 6.45) is 0. The van der Waals surface area contributed by atoms with Crippen LogP contribution < -0.4 is 10.3 Å². The van der Waals surface area contributed by atoms with Gasteiger partial charge in [0.15, 0.2) is 11.6 Å². The van der Waals surface area contributed by atoms with Gasteiger partial charge >= 0.3 is 0 Å². The Morgan fingerprint density at radius 2 is 1.81 bits per heavy atom. The van der Waals surface area contributed by atoms with Crippen LogP contribution in [0.25, 0.3) is 22.3 Å². The van der Waals surface area contributed by atoms with Gasteiger partial charge in [-0.25, -0.2) is 9.37 Å². The lowest BCUT2D eigenvalue weighted by Gasteiger charge is -2.10. The number of benzene rings is 3. The Morgan fingerprint density at radius 3 is 2.63 bits per heavy atom. The molecule has 0 amide bonds.